The maximum atomic E-state index is 12.6. The number of nitrogens with one attached hydrogen (secondary N) is 3. The molecule has 0 heterocycles. The monoisotopic (exact) mass is 479 g/mol. The van der Waals surface area contributed by atoms with Gasteiger partial charge in [0.2, 0.25) is 23.6 Å². The summed E-state index contributed by atoms with van der Waals surface area (Å²) in [6.45, 7) is 4.73. The molecule has 0 saturated heterocycles. The van der Waals surface area contributed by atoms with Gasteiger partial charge in [0.25, 0.3) is 0 Å². The van der Waals surface area contributed by atoms with Gasteiger partial charge in [-0.15, -0.1) is 0 Å². The molecular formula is C22H33N5O7. The van der Waals surface area contributed by atoms with Crippen LogP contribution in [0.4, 0.5) is 0 Å². The number of carboxylic acids is 1. The highest BCUT2D eigenvalue weighted by Gasteiger charge is 2.30. The molecule has 0 fully saturated rings. The Bertz CT molecular complexity index is 888. The van der Waals surface area contributed by atoms with E-state index in [1.807, 2.05) is 0 Å². The highest BCUT2D eigenvalue weighted by molar-refractivity contribution is 5.94. The highest BCUT2D eigenvalue weighted by Crippen LogP contribution is 2.11. The molecule has 4 unspecified atom stereocenters. The zero-order valence-electron chi connectivity index (χ0n) is 19.4. The summed E-state index contributed by atoms with van der Waals surface area (Å²) in [6.07, 6.45) is -0.247. The maximum absolute atomic E-state index is 12.6. The lowest BCUT2D eigenvalue weighted by Gasteiger charge is -2.26. The van der Waals surface area contributed by atoms with Gasteiger partial charge in [0.05, 0.1) is 6.04 Å². The molecule has 9 N–H and O–H groups in total. The van der Waals surface area contributed by atoms with Crippen molar-refractivity contribution in [3.8, 4) is 5.75 Å². The number of phenolic OH excluding ortho intramolecular Hbond substituents is 1. The summed E-state index contributed by atoms with van der Waals surface area (Å²) >= 11 is 0. The molecule has 188 valence electrons. The Labute approximate surface area is 197 Å². The quantitative estimate of drug-likeness (QED) is 0.181. The van der Waals surface area contributed by atoms with E-state index in [1.54, 1.807) is 26.0 Å². The van der Waals surface area contributed by atoms with Gasteiger partial charge in [-0.25, -0.2) is 4.79 Å². The largest absolute Gasteiger partial charge is 0.508 e. The van der Waals surface area contributed by atoms with E-state index in [4.69, 9.17) is 11.5 Å². The van der Waals surface area contributed by atoms with Gasteiger partial charge in [0, 0.05) is 6.42 Å². The minimum atomic E-state index is -1.35. The molecule has 12 heteroatoms. The first kappa shape index (κ1) is 28.4. The van der Waals surface area contributed by atoms with E-state index in [1.165, 1.54) is 19.1 Å². The third kappa shape index (κ3) is 9.45. The van der Waals surface area contributed by atoms with Crippen LogP contribution >= 0.6 is 0 Å². The average Bonchev–Trinajstić information content (AvgIpc) is 2.75. The third-order valence-corrected chi connectivity index (χ3v) is 5.02. The number of primary amides is 1. The van der Waals surface area contributed by atoms with Gasteiger partial charge in [0.15, 0.2) is 0 Å². The van der Waals surface area contributed by atoms with Crippen LogP contribution in [-0.2, 0) is 30.4 Å². The molecule has 0 radical (unpaired) electrons. The van der Waals surface area contributed by atoms with Crippen molar-refractivity contribution in [2.24, 2.45) is 17.4 Å². The Hall–Kier alpha value is -3.67. The molecule has 1 aromatic rings. The summed E-state index contributed by atoms with van der Waals surface area (Å²) in [5.41, 5.74) is 11.7. The Morgan fingerprint density at radius 1 is 0.912 bits per heavy atom. The van der Waals surface area contributed by atoms with Crippen molar-refractivity contribution in [2.45, 2.75) is 64.2 Å². The number of amides is 4. The molecule has 0 aliphatic heterocycles. The number of rotatable bonds is 13. The minimum absolute atomic E-state index is 0.0818. The van der Waals surface area contributed by atoms with Crippen LogP contribution < -0.4 is 27.4 Å². The number of phenols is 1. The Morgan fingerprint density at radius 2 is 1.50 bits per heavy atom. The van der Waals surface area contributed by atoms with Gasteiger partial charge in [-0.3, -0.25) is 19.2 Å². The van der Waals surface area contributed by atoms with Crippen LogP contribution in [0.2, 0.25) is 0 Å². The first-order valence-corrected chi connectivity index (χ1v) is 10.8. The number of hydrogen-bond donors (Lipinski definition) is 7. The van der Waals surface area contributed by atoms with Crippen LogP contribution in [0.25, 0.3) is 0 Å². The number of aliphatic carboxylic acids is 1. The van der Waals surface area contributed by atoms with Crippen LogP contribution in [0.3, 0.4) is 0 Å². The van der Waals surface area contributed by atoms with Crippen molar-refractivity contribution >= 4 is 29.6 Å². The first-order chi connectivity index (χ1) is 15.8. The van der Waals surface area contributed by atoms with E-state index in [0.717, 1.165) is 5.56 Å². The van der Waals surface area contributed by atoms with Crippen molar-refractivity contribution in [1.29, 1.82) is 0 Å². The SMILES string of the molecule is CC(NC(=O)C(N)Cc1ccc(O)cc1)C(=O)NC(C(=O)NC(CCC(N)=O)C(=O)O)C(C)C. The van der Waals surface area contributed by atoms with Crippen LogP contribution in [0.5, 0.6) is 5.75 Å². The van der Waals surface area contributed by atoms with Gasteiger partial charge in [-0.1, -0.05) is 26.0 Å². The van der Waals surface area contributed by atoms with E-state index in [9.17, 15) is 34.2 Å². The molecule has 0 aliphatic carbocycles. The Morgan fingerprint density at radius 3 is 2.00 bits per heavy atom. The molecule has 34 heavy (non-hydrogen) atoms. The number of nitrogens with two attached hydrogens (primary N) is 2. The lowest BCUT2D eigenvalue weighted by atomic mass is 10.0. The van der Waals surface area contributed by atoms with Crippen LogP contribution in [0.1, 0.15) is 39.2 Å². The highest BCUT2D eigenvalue weighted by atomic mass is 16.4. The van der Waals surface area contributed by atoms with Crippen LogP contribution in [-0.4, -0.2) is 64.0 Å². The topological polar surface area (TPSA) is 214 Å². The molecule has 0 aliphatic rings. The van der Waals surface area contributed by atoms with Gasteiger partial charge >= 0.3 is 5.97 Å². The van der Waals surface area contributed by atoms with Gasteiger partial charge in [-0.05, 0) is 43.4 Å². The fourth-order valence-electron chi connectivity index (χ4n) is 2.98. The summed E-state index contributed by atoms with van der Waals surface area (Å²) in [5, 5.41) is 25.9. The number of aromatic hydroxyl groups is 1. The van der Waals surface area contributed by atoms with Crippen molar-refractivity contribution < 1.29 is 34.2 Å². The molecule has 0 spiro atoms. The van der Waals surface area contributed by atoms with E-state index < -0.39 is 59.7 Å². The summed E-state index contributed by atoms with van der Waals surface area (Å²) in [7, 11) is 0. The maximum Gasteiger partial charge on any atom is 0.326 e. The molecular weight excluding hydrogens is 446 g/mol. The summed E-state index contributed by atoms with van der Waals surface area (Å²) in [6, 6.07) is 1.76. The fourth-order valence-corrected chi connectivity index (χ4v) is 2.98. The van der Waals surface area contributed by atoms with Gasteiger partial charge < -0.3 is 37.6 Å². The predicted molar refractivity (Wildman–Crippen MR) is 122 cm³/mol. The lowest BCUT2D eigenvalue weighted by Crippen LogP contribution is -2.58. The number of carboxylic acid groups (broad SMARTS) is 1. The van der Waals surface area contributed by atoms with Crippen molar-refractivity contribution in [2.75, 3.05) is 0 Å². The summed E-state index contributed by atoms with van der Waals surface area (Å²) in [4.78, 5) is 59.9. The second-order valence-corrected chi connectivity index (χ2v) is 8.34. The fraction of sp³-hybridized carbons (Fsp3) is 0.500. The van der Waals surface area contributed by atoms with E-state index in [0.29, 0.717) is 0 Å². The molecule has 4 atom stereocenters. The number of benzene rings is 1. The zero-order chi connectivity index (χ0) is 26.0. The zero-order valence-corrected chi connectivity index (χ0v) is 19.4. The molecule has 1 aromatic carbocycles. The normalized spacial score (nSPS) is 14.4. The third-order valence-electron chi connectivity index (χ3n) is 5.02. The van der Waals surface area contributed by atoms with E-state index in [-0.39, 0.29) is 25.0 Å². The molecule has 0 aromatic heterocycles. The lowest BCUT2D eigenvalue weighted by molar-refractivity contribution is -0.143. The second-order valence-electron chi connectivity index (χ2n) is 8.34. The van der Waals surface area contributed by atoms with Gasteiger partial charge in [0.1, 0.15) is 23.9 Å². The number of hydrogen-bond acceptors (Lipinski definition) is 7. The summed E-state index contributed by atoms with van der Waals surface area (Å²) in [5.74, 6) is -4.37. The van der Waals surface area contributed by atoms with E-state index in [2.05, 4.69) is 16.0 Å². The van der Waals surface area contributed by atoms with Crippen molar-refractivity contribution in [3.63, 3.8) is 0 Å². The Balaban J connectivity index is 2.71. The van der Waals surface area contributed by atoms with Crippen LogP contribution in [0, 0.1) is 5.92 Å². The van der Waals surface area contributed by atoms with Crippen LogP contribution in [0.15, 0.2) is 24.3 Å². The second kappa shape index (κ2) is 13.1. The van der Waals surface area contributed by atoms with Crippen molar-refractivity contribution in [3.05, 3.63) is 29.8 Å². The smallest absolute Gasteiger partial charge is 0.326 e. The predicted octanol–water partition coefficient (Wildman–Crippen LogP) is -1.26. The average molecular weight is 480 g/mol. The molecule has 1 rings (SSSR count). The van der Waals surface area contributed by atoms with Crippen molar-refractivity contribution in [1.82, 2.24) is 16.0 Å². The first-order valence-electron chi connectivity index (χ1n) is 10.8. The molecule has 12 nitrogen and oxygen atoms in total. The van der Waals surface area contributed by atoms with Gasteiger partial charge in [-0.2, -0.15) is 0 Å². The molecule has 4 amide bonds. The molecule has 0 saturated carbocycles. The standard InChI is InChI=1S/C22H33N5O7/c1-11(2)18(21(32)26-16(22(33)34)8-9-17(24)29)27-19(30)12(3)25-20(31)15(23)10-13-4-6-14(28)7-5-13/h4-7,11-12,15-16,18,28H,8-10,23H2,1-3H3,(H2,24,29)(H,25,31)(H,26,32)(H,27,30)(H,33,34). The van der Waals surface area contributed by atoms with E-state index >= 15 is 0 Å². The molecule has 0 bridgehead atoms. The number of carbonyl (C=O) groups excluding carboxylic acids is 4. The Kier molecular flexibility index (Phi) is 11.0. The number of carbonyl (C=O) groups is 5. The summed E-state index contributed by atoms with van der Waals surface area (Å²) < 4.78 is 0. The minimum Gasteiger partial charge on any atom is -0.508 e.